The number of anilines is 2. The van der Waals surface area contributed by atoms with Crippen LogP contribution < -0.4 is 10.2 Å². The van der Waals surface area contributed by atoms with Crippen molar-refractivity contribution >= 4 is 17.5 Å². The zero-order valence-electron chi connectivity index (χ0n) is 12.4. The van der Waals surface area contributed by atoms with Crippen LogP contribution in [-0.2, 0) is 11.2 Å². The smallest absolute Gasteiger partial charge is 0.241 e. The molecule has 0 spiro atoms. The Morgan fingerprint density at radius 1 is 1.32 bits per heavy atom. The van der Waals surface area contributed by atoms with Gasteiger partial charge in [0.15, 0.2) is 0 Å². The third-order valence-electron chi connectivity index (χ3n) is 2.75. The summed E-state index contributed by atoms with van der Waals surface area (Å²) < 4.78 is 0. The molecule has 1 N–H and O–H groups in total. The Morgan fingerprint density at radius 2 is 2.00 bits per heavy atom. The molecule has 1 amide bonds. The fraction of sp³-hybridized carbons (Fsp3) is 0.615. The Morgan fingerprint density at radius 3 is 2.53 bits per heavy atom. The third-order valence-corrected chi connectivity index (χ3v) is 2.75. The number of nitrogens with one attached hydrogen (secondary N) is 1. The van der Waals surface area contributed by atoms with Gasteiger partial charge in [-0.1, -0.05) is 6.92 Å². The molecule has 0 radical (unpaired) electrons. The number of carbonyl (C=O) groups is 1. The predicted octanol–water partition coefficient (Wildman–Crippen LogP) is 0.995. The summed E-state index contributed by atoms with van der Waals surface area (Å²) in [5.41, 5.74) is 0. The molecule has 1 rings (SSSR count). The Kier molecular flexibility index (Phi) is 5.54. The average molecular weight is 265 g/mol. The minimum Gasteiger partial charge on any atom is -0.373 e. The van der Waals surface area contributed by atoms with Gasteiger partial charge in [0.05, 0.1) is 6.54 Å². The summed E-state index contributed by atoms with van der Waals surface area (Å²) >= 11 is 0. The zero-order valence-corrected chi connectivity index (χ0v) is 12.4. The molecule has 106 valence electrons. The summed E-state index contributed by atoms with van der Waals surface area (Å²) in [6, 6.07) is 1.85. The first kappa shape index (κ1) is 15.2. The molecule has 0 unspecified atom stereocenters. The van der Waals surface area contributed by atoms with Crippen LogP contribution in [0.5, 0.6) is 0 Å². The van der Waals surface area contributed by atoms with Crippen molar-refractivity contribution < 1.29 is 4.79 Å². The van der Waals surface area contributed by atoms with E-state index in [-0.39, 0.29) is 5.91 Å². The molecule has 19 heavy (non-hydrogen) atoms. The highest BCUT2D eigenvalue weighted by atomic mass is 16.2. The number of hydrogen-bond acceptors (Lipinski definition) is 5. The summed E-state index contributed by atoms with van der Waals surface area (Å²) in [6.45, 7) is 2.40. The summed E-state index contributed by atoms with van der Waals surface area (Å²) in [6.07, 6.45) is 1.82. The zero-order chi connectivity index (χ0) is 14.4. The van der Waals surface area contributed by atoms with Crippen molar-refractivity contribution in [2.75, 3.05) is 45.0 Å². The number of aryl methyl sites for hydroxylation is 1. The lowest BCUT2D eigenvalue weighted by Crippen LogP contribution is -2.34. The van der Waals surface area contributed by atoms with Crippen LogP contribution in [0.15, 0.2) is 6.07 Å². The van der Waals surface area contributed by atoms with Gasteiger partial charge in [-0.05, 0) is 6.42 Å². The minimum absolute atomic E-state index is 0.0455. The quantitative estimate of drug-likeness (QED) is 0.831. The first-order chi connectivity index (χ1) is 8.97. The molecule has 0 saturated carbocycles. The van der Waals surface area contributed by atoms with Gasteiger partial charge in [-0.2, -0.15) is 0 Å². The fourth-order valence-electron chi connectivity index (χ4n) is 1.57. The van der Waals surface area contributed by atoms with E-state index >= 15 is 0 Å². The standard InChI is InChI=1S/C13H23N5O/c1-6-7-10-15-11(14-2)8-12(16-10)18(5)9-13(19)17(3)4/h8H,6-7,9H2,1-5H3,(H,14,15,16). The molecule has 0 aliphatic heterocycles. The van der Waals surface area contributed by atoms with Gasteiger partial charge >= 0.3 is 0 Å². The van der Waals surface area contributed by atoms with Crippen LogP contribution in [0.2, 0.25) is 0 Å². The van der Waals surface area contributed by atoms with Crippen LogP contribution in [0.25, 0.3) is 0 Å². The maximum atomic E-state index is 11.7. The molecule has 0 atom stereocenters. The summed E-state index contributed by atoms with van der Waals surface area (Å²) in [5, 5.41) is 3.02. The van der Waals surface area contributed by atoms with E-state index in [0.29, 0.717) is 6.54 Å². The summed E-state index contributed by atoms with van der Waals surface area (Å²) in [5.74, 6) is 2.38. The highest BCUT2D eigenvalue weighted by molar-refractivity contribution is 5.80. The van der Waals surface area contributed by atoms with Gasteiger partial charge in [0.25, 0.3) is 0 Å². The second-order valence-electron chi connectivity index (χ2n) is 4.67. The minimum atomic E-state index is 0.0455. The molecule has 1 heterocycles. The van der Waals surface area contributed by atoms with Crippen LogP contribution in [-0.4, -0.2) is 55.5 Å². The molecule has 0 aliphatic carbocycles. The lowest BCUT2D eigenvalue weighted by Gasteiger charge is -2.21. The van der Waals surface area contributed by atoms with E-state index in [4.69, 9.17) is 0 Å². The molecule has 0 aliphatic rings. The third kappa shape index (κ3) is 4.39. The second kappa shape index (κ2) is 6.92. The molecule has 0 aromatic carbocycles. The van der Waals surface area contributed by atoms with Crippen LogP contribution in [0, 0.1) is 0 Å². The SMILES string of the molecule is CCCc1nc(NC)cc(N(C)CC(=O)N(C)C)n1. The van der Waals surface area contributed by atoms with Gasteiger partial charge < -0.3 is 15.1 Å². The van der Waals surface area contributed by atoms with Crippen molar-refractivity contribution in [2.45, 2.75) is 19.8 Å². The highest BCUT2D eigenvalue weighted by Gasteiger charge is 2.12. The van der Waals surface area contributed by atoms with Gasteiger partial charge in [-0.3, -0.25) is 4.79 Å². The fourth-order valence-corrected chi connectivity index (χ4v) is 1.57. The molecular weight excluding hydrogens is 242 g/mol. The predicted molar refractivity (Wildman–Crippen MR) is 77.5 cm³/mol. The van der Waals surface area contributed by atoms with Crippen molar-refractivity contribution in [1.82, 2.24) is 14.9 Å². The van der Waals surface area contributed by atoms with Crippen molar-refractivity contribution in [1.29, 1.82) is 0 Å². The summed E-state index contributed by atoms with van der Waals surface area (Å²) in [4.78, 5) is 24.0. The lowest BCUT2D eigenvalue weighted by molar-refractivity contribution is -0.127. The van der Waals surface area contributed by atoms with Gasteiger partial charge in [0.2, 0.25) is 5.91 Å². The van der Waals surface area contributed by atoms with Crippen molar-refractivity contribution in [2.24, 2.45) is 0 Å². The van der Waals surface area contributed by atoms with Gasteiger partial charge in [-0.15, -0.1) is 0 Å². The maximum absolute atomic E-state index is 11.7. The van der Waals surface area contributed by atoms with E-state index in [1.807, 2.05) is 25.1 Å². The van der Waals surface area contributed by atoms with Crippen LogP contribution in [0.3, 0.4) is 0 Å². The van der Waals surface area contributed by atoms with Crippen molar-refractivity contribution in [3.63, 3.8) is 0 Å². The average Bonchev–Trinajstić information content (AvgIpc) is 2.38. The van der Waals surface area contributed by atoms with E-state index in [1.54, 1.807) is 19.0 Å². The van der Waals surface area contributed by atoms with Crippen LogP contribution in [0.1, 0.15) is 19.2 Å². The number of carbonyl (C=O) groups excluding carboxylic acids is 1. The van der Waals surface area contributed by atoms with Crippen molar-refractivity contribution in [3.8, 4) is 0 Å². The van der Waals surface area contributed by atoms with E-state index in [2.05, 4.69) is 22.2 Å². The molecule has 6 heteroatoms. The molecule has 6 nitrogen and oxygen atoms in total. The summed E-state index contributed by atoms with van der Waals surface area (Å²) in [7, 11) is 7.18. The molecule has 0 bridgehead atoms. The first-order valence-corrected chi connectivity index (χ1v) is 6.45. The Labute approximate surface area is 114 Å². The molecule has 0 fully saturated rings. The number of rotatable bonds is 6. The number of amides is 1. The van der Waals surface area contributed by atoms with Crippen LogP contribution in [0.4, 0.5) is 11.6 Å². The number of hydrogen-bond donors (Lipinski definition) is 1. The van der Waals surface area contributed by atoms with Gasteiger partial charge in [0, 0.05) is 40.7 Å². The largest absolute Gasteiger partial charge is 0.373 e. The normalized spacial score (nSPS) is 10.2. The molecule has 0 saturated heterocycles. The number of nitrogens with zero attached hydrogens (tertiary/aromatic N) is 4. The van der Waals surface area contributed by atoms with Gasteiger partial charge in [0.1, 0.15) is 17.5 Å². The number of aromatic nitrogens is 2. The molecule has 1 aromatic rings. The second-order valence-corrected chi connectivity index (χ2v) is 4.67. The van der Waals surface area contributed by atoms with E-state index in [1.165, 1.54) is 0 Å². The molecular formula is C13H23N5O. The lowest BCUT2D eigenvalue weighted by atomic mass is 10.3. The Bertz CT molecular complexity index is 433. The van der Waals surface area contributed by atoms with Crippen LogP contribution >= 0.6 is 0 Å². The first-order valence-electron chi connectivity index (χ1n) is 6.45. The Balaban J connectivity index is 2.91. The van der Waals surface area contributed by atoms with E-state index in [0.717, 1.165) is 30.3 Å². The van der Waals surface area contributed by atoms with E-state index < -0.39 is 0 Å². The maximum Gasteiger partial charge on any atom is 0.241 e. The molecule has 1 aromatic heterocycles. The highest BCUT2D eigenvalue weighted by Crippen LogP contribution is 2.15. The topological polar surface area (TPSA) is 61.4 Å². The van der Waals surface area contributed by atoms with Gasteiger partial charge in [-0.25, -0.2) is 9.97 Å². The monoisotopic (exact) mass is 265 g/mol. The van der Waals surface area contributed by atoms with E-state index in [9.17, 15) is 4.79 Å². The number of likely N-dealkylation sites (N-methyl/N-ethyl adjacent to an activating group) is 2. The Hall–Kier alpha value is -1.85. The van der Waals surface area contributed by atoms with Crippen molar-refractivity contribution in [3.05, 3.63) is 11.9 Å².